The van der Waals surface area contributed by atoms with Crippen molar-refractivity contribution in [3.05, 3.63) is 57.8 Å². The normalized spacial score (nSPS) is 10.1. The summed E-state index contributed by atoms with van der Waals surface area (Å²) < 4.78 is 0. The molecule has 0 bridgehead atoms. The molecule has 2 N–H and O–H groups in total. The molecule has 4 nitrogen and oxygen atoms in total. The second-order valence-corrected chi connectivity index (χ2v) is 5.35. The van der Waals surface area contributed by atoms with Crippen molar-refractivity contribution in [1.29, 1.82) is 0 Å². The minimum absolute atomic E-state index is 0.0157. The predicted octanol–water partition coefficient (Wildman–Crippen LogP) is 2.10. The van der Waals surface area contributed by atoms with E-state index in [1.807, 2.05) is 24.4 Å². The Kier molecular flexibility index (Phi) is 4.90. The van der Waals surface area contributed by atoms with Gasteiger partial charge in [-0.15, -0.1) is 11.3 Å². The molecular weight excluding hydrogens is 272 g/mol. The largest absolute Gasteiger partial charge is 0.350 e. The van der Waals surface area contributed by atoms with Crippen molar-refractivity contribution in [2.45, 2.75) is 13.5 Å². The van der Waals surface area contributed by atoms with Crippen molar-refractivity contribution < 1.29 is 9.59 Å². The van der Waals surface area contributed by atoms with E-state index in [0.29, 0.717) is 12.1 Å². The van der Waals surface area contributed by atoms with E-state index < -0.39 is 0 Å². The molecule has 0 atom stereocenters. The molecule has 0 aliphatic carbocycles. The minimum atomic E-state index is -0.243. The van der Waals surface area contributed by atoms with Crippen LogP contribution in [-0.4, -0.2) is 18.4 Å². The van der Waals surface area contributed by atoms with Crippen LogP contribution < -0.4 is 10.6 Å². The summed E-state index contributed by atoms with van der Waals surface area (Å²) in [5.41, 5.74) is 1.72. The monoisotopic (exact) mass is 288 g/mol. The summed E-state index contributed by atoms with van der Waals surface area (Å²) in [6, 6.07) is 10.9. The maximum Gasteiger partial charge on any atom is 0.251 e. The number of nitrogens with one attached hydrogen (secondary N) is 2. The second kappa shape index (κ2) is 6.86. The lowest BCUT2D eigenvalue weighted by Gasteiger charge is -2.06. The van der Waals surface area contributed by atoms with Crippen molar-refractivity contribution in [2.75, 3.05) is 6.54 Å². The van der Waals surface area contributed by atoms with Crippen LogP contribution in [0.1, 0.15) is 20.8 Å². The topological polar surface area (TPSA) is 58.2 Å². The summed E-state index contributed by atoms with van der Waals surface area (Å²) in [7, 11) is 0. The molecule has 0 aliphatic heterocycles. The van der Waals surface area contributed by atoms with Gasteiger partial charge in [0.15, 0.2) is 0 Å². The molecule has 0 radical (unpaired) electrons. The molecule has 0 saturated heterocycles. The Morgan fingerprint density at radius 1 is 1.10 bits per heavy atom. The van der Waals surface area contributed by atoms with Crippen LogP contribution in [0.25, 0.3) is 0 Å². The third kappa shape index (κ3) is 3.93. The number of benzene rings is 1. The lowest BCUT2D eigenvalue weighted by molar-refractivity contribution is -0.120. The number of thiophene rings is 1. The Labute approximate surface area is 121 Å². The highest BCUT2D eigenvalue weighted by Gasteiger charge is 2.08. The standard InChI is InChI=1S/C15H16N2O2S/c1-11-7-8-20-13(11)9-16-14(18)10-17-15(19)12-5-3-2-4-6-12/h2-8H,9-10H2,1H3,(H,16,18)(H,17,19). The molecule has 2 aromatic rings. The fraction of sp³-hybridized carbons (Fsp3) is 0.200. The van der Waals surface area contributed by atoms with Crippen molar-refractivity contribution in [3.63, 3.8) is 0 Å². The average Bonchev–Trinajstić information content (AvgIpc) is 2.89. The van der Waals surface area contributed by atoms with Crippen LogP contribution in [0.15, 0.2) is 41.8 Å². The molecule has 1 aromatic heterocycles. The highest BCUT2D eigenvalue weighted by atomic mass is 32.1. The van der Waals surface area contributed by atoms with E-state index in [0.717, 1.165) is 4.88 Å². The zero-order chi connectivity index (χ0) is 14.4. The Balaban J connectivity index is 1.75. The first kappa shape index (κ1) is 14.3. The van der Waals surface area contributed by atoms with Crippen LogP contribution in [0.3, 0.4) is 0 Å². The number of carbonyl (C=O) groups excluding carboxylic acids is 2. The Hall–Kier alpha value is -2.14. The number of rotatable bonds is 5. The molecule has 1 aromatic carbocycles. The fourth-order valence-electron chi connectivity index (χ4n) is 1.68. The van der Waals surface area contributed by atoms with Crippen LogP contribution in [0.5, 0.6) is 0 Å². The van der Waals surface area contributed by atoms with E-state index in [1.165, 1.54) is 5.56 Å². The van der Waals surface area contributed by atoms with Gasteiger partial charge in [0.1, 0.15) is 0 Å². The number of aryl methyl sites for hydroxylation is 1. The van der Waals surface area contributed by atoms with Gasteiger partial charge >= 0.3 is 0 Å². The van der Waals surface area contributed by atoms with Gasteiger partial charge in [0.25, 0.3) is 5.91 Å². The number of amides is 2. The zero-order valence-corrected chi connectivity index (χ0v) is 12.0. The van der Waals surface area contributed by atoms with Gasteiger partial charge in [-0.25, -0.2) is 0 Å². The molecule has 20 heavy (non-hydrogen) atoms. The molecule has 0 aliphatic rings. The summed E-state index contributed by atoms with van der Waals surface area (Å²) >= 11 is 1.61. The van der Waals surface area contributed by atoms with Crippen LogP contribution >= 0.6 is 11.3 Å². The van der Waals surface area contributed by atoms with E-state index in [9.17, 15) is 9.59 Å². The maximum absolute atomic E-state index is 11.7. The van der Waals surface area contributed by atoms with Crippen molar-refractivity contribution in [1.82, 2.24) is 10.6 Å². The molecule has 2 amide bonds. The summed E-state index contributed by atoms with van der Waals surface area (Å²) in [6.07, 6.45) is 0. The van der Waals surface area contributed by atoms with Gasteiger partial charge in [-0.05, 0) is 36.1 Å². The van der Waals surface area contributed by atoms with Crippen LogP contribution in [0, 0.1) is 6.92 Å². The number of hydrogen-bond donors (Lipinski definition) is 2. The fourth-order valence-corrected chi connectivity index (χ4v) is 2.52. The third-order valence-corrected chi connectivity index (χ3v) is 3.88. The maximum atomic E-state index is 11.7. The van der Waals surface area contributed by atoms with Gasteiger partial charge in [-0.3, -0.25) is 9.59 Å². The molecule has 0 unspecified atom stereocenters. The van der Waals surface area contributed by atoms with Gasteiger partial charge in [-0.2, -0.15) is 0 Å². The Morgan fingerprint density at radius 2 is 1.85 bits per heavy atom. The van der Waals surface area contributed by atoms with E-state index >= 15 is 0 Å². The van der Waals surface area contributed by atoms with Crippen molar-refractivity contribution >= 4 is 23.2 Å². The van der Waals surface area contributed by atoms with Gasteiger partial charge in [-0.1, -0.05) is 18.2 Å². The quantitative estimate of drug-likeness (QED) is 0.885. The van der Waals surface area contributed by atoms with Gasteiger partial charge in [0.2, 0.25) is 5.91 Å². The van der Waals surface area contributed by atoms with Crippen LogP contribution in [-0.2, 0) is 11.3 Å². The summed E-state index contributed by atoms with van der Waals surface area (Å²) in [5.74, 6) is -0.435. The Morgan fingerprint density at radius 3 is 2.50 bits per heavy atom. The number of hydrogen-bond acceptors (Lipinski definition) is 3. The smallest absolute Gasteiger partial charge is 0.251 e. The third-order valence-electron chi connectivity index (χ3n) is 2.86. The lowest BCUT2D eigenvalue weighted by atomic mass is 10.2. The molecule has 5 heteroatoms. The van der Waals surface area contributed by atoms with Crippen LogP contribution in [0.2, 0.25) is 0 Å². The molecule has 2 rings (SSSR count). The Bertz CT molecular complexity index is 593. The molecular formula is C15H16N2O2S. The van der Waals surface area contributed by atoms with Gasteiger partial charge < -0.3 is 10.6 Å². The van der Waals surface area contributed by atoms with E-state index in [-0.39, 0.29) is 18.4 Å². The average molecular weight is 288 g/mol. The highest BCUT2D eigenvalue weighted by Crippen LogP contribution is 2.14. The van der Waals surface area contributed by atoms with E-state index in [2.05, 4.69) is 10.6 Å². The van der Waals surface area contributed by atoms with Crippen molar-refractivity contribution in [2.24, 2.45) is 0 Å². The van der Waals surface area contributed by atoms with E-state index in [1.54, 1.807) is 35.6 Å². The first-order valence-electron chi connectivity index (χ1n) is 6.29. The molecule has 0 spiro atoms. The lowest BCUT2D eigenvalue weighted by Crippen LogP contribution is -2.36. The zero-order valence-electron chi connectivity index (χ0n) is 11.2. The minimum Gasteiger partial charge on any atom is -0.350 e. The molecule has 104 valence electrons. The van der Waals surface area contributed by atoms with E-state index in [4.69, 9.17) is 0 Å². The van der Waals surface area contributed by atoms with Crippen LogP contribution in [0.4, 0.5) is 0 Å². The first-order valence-corrected chi connectivity index (χ1v) is 7.17. The van der Waals surface area contributed by atoms with Gasteiger partial charge in [0, 0.05) is 10.4 Å². The summed E-state index contributed by atoms with van der Waals surface area (Å²) in [4.78, 5) is 24.5. The molecule has 0 saturated carbocycles. The van der Waals surface area contributed by atoms with Crippen molar-refractivity contribution in [3.8, 4) is 0 Å². The molecule has 1 heterocycles. The number of carbonyl (C=O) groups is 2. The molecule has 0 fully saturated rings. The van der Waals surface area contributed by atoms with Gasteiger partial charge in [0.05, 0.1) is 13.1 Å². The summed E-state index contributed by atoms with van der Waals surface area (Å²) in [5, 5.41) is 7.38. The predicted molar refractivity (Wildman–Crippen MR) is 79.7 cm³/mol. The summed E-state index contributed by atoms with van der Waals surface area (Å²) in [6.45, 7) is 2.50. The second-order valence-electron chi connectivity index (χ2n) is 4.35. The SMILES string of the molecule is Cc1ccsc1CNC(=O)CNC(=O)c1ccccc1. The highest BCUT2D eigenvalue weighted by molar-refractivity contribution is 7.10. The first-order chi connectivity index (χ1) is 9.66.